The van der Waals surface area contributed by atoms with Gasteiger partial charge in [-0.3, -0.25) is 4.98 Å². The summed E-state index contributed by atoms with van der Waals surface area (Å²) in [6, 6.07) is 16.0. The maximum absolute atomic E-state index is 14.2. The smallest absolute Gasteiger partial charge is 0.311 e. The number of nitrogens with zero attached hydrogens (tertiary/aromatic N) is 1. The predicted molar refractivity (Wildman–Crippen MR) is 148 cm³/mol. The quantitative estimate of drug-likeness (QED) is 0.230. The lowest BCUT2D eigenvalue weighted by Crippen LogP contribution is -2.30. The second-order valence-corrected chi connectivity index (χ2v) is 10.6. The molecule has 0 fully saturated rings. The number of rotatable bonds is 11. The van der Waals surface area contributed by atoms with Gasteiger partial charge in [-0.15, -0.1) is 0 Å². The summed E-state index contributed by atoms with van der Waals surface area (Å²) in [5, 5.41) is 3.44. The van der Waals surface area contributed by atoms with E-state index in [1.807, 2.05) is 30.3 Å². The average Bonchev–Trinajstić information content (AvgIpc) is 2.87. The standard InChI is InChI=1S/C22H17ClF5N.C8H18N2/c23-17-6-7-20(29-13-17)19(10-14-4-2-1-3-5-14)16-8-15(9-18(24)11-16)12-22(27,28)21(25)26;1-5-8(3,4)6-10-7(2)9/h1-9,11,13,19,21H,10,12H2;10H,2,5-6,9H2,1,3-4H3/t19-;/m1./s1. The van der Waals surface area contributed by atoms with Crippen LogP contribution in [0.4, 0.5) is 22.0 Å². The number of pyridine rings is 1. The van der Waals surface area contributed by atoms with Crippen LogP contribution in [-0.4, -0.2) is 23.9 Å². The number of nitrogens with one attached hydrogen (secondary N) is 1. The van der Waals surface area contributed by atoms with E-state index in [1.54, 1.807) is 12.1 Å². The van der Waals surface area contributed by atoms with Crippen molar-refractivity contribution >= 4 is 11.6 Å². The van der Waals surface area contributed by atoms with E-state index in [0.717, 1.165) is 24.6 Å². The Bertz CT molecular complexity index is 1180. The largest absolute Gasteiger partial charge is 0.386 e. The number of hydrogen-bond acceptors (Lipinski definition) is 3. The summed E-state index contributed by atoms with van der Waals surface area (Å²) in [6.07, 6.45) is -2.06. The van der Waals surface area contributed by atoms with Gasteiger partial charge in [-0.25, -0.2) is 13.2 Å². The Labute approximate surface area is 232 Å². The van der Waals surface area contributed by atoms with Crippen LogP contribution in [0.2, 0.25) is 5.02 Å². The van der Waals surface area contributed by atoms with Gasteiger partial charge in [0.1, 0.15) is 5.82 Å². The molecule has 0 saturated heterocycles. The van der Waals surface area contributed by atoms with Crippen molar-refractivity contribution in [2.75, 3.05) is 6.54 Å². The zero-order chi connectivity index (χ0) is 29.2. The zero-order valence-electron chi connectivity index (χ0n) is 22.3. The number of halogens is 6. The van der Waals surface area contributed by atoms with Gasteiger partial charge in [0, 0.05) is 30.8 Å². The van der Waals surface area contributed by atoms with Crippen molar-refractivity contribution in [3.63, 3.8) is 0 Å². The Balaban J connectivity index is 0.000000455. The van der Waals surface area contributed by atoms with Crippen molar-refractivity contribution in [3.8, 4) is 0 Å². The molecule has 0 amide bonds. The second kappa shape index (κ2) is 14.3. The maximum Gasteiger partial charge on any atom is 0.311 e. The topological polar surface area (TPSA) is 50.9 Å². The van der Waals surface area contributed by atoms with Crippen LogP contribution in [0.15, 0.2) is 79.3 Å². The lowest BCUT2D eigenvalue weighted by Gasteiger charge is -2.23. The lowest BCUT2D eigenvalue weighted by molar-refractivity contribution is -0.127. The first-order chi connectivity index (χ1) is 18.2. The van der Waals surface area contributed by atoms with Crippen LogP contribution in [0.3, 0.4) is 0 Å². The van der Waals surface area contributed by atoms with Crippen LogP contribution in [0.1, 0.15) is 55.5 Å². The highest BCUT2D eigenvalue weighted by Crippen LogP contribution is 2.32. The minimum Gasteiger partial charge on any atom is -0.386 e. The Morgan fingerprint density at radius 3 is 2.26 bits per heavy atom. The number of aromatic nitrogens is 1. The van der Waals surface area contributed by atoms with Crippen molar-refractivity contribution in [2.24, 2.45) is 11.1 Å². The van der Waals surface area contributed by atoms with E-state index >= 15 is 0 Å². The van der Waals surface area contributed by atoms with E-state index in [1.165, 1.54) is 18.3 Å². The molecule has 212 valence electrons. The fourth-order valence-corrected chi connectivity index (χ4v) is 3.75. The van der Waals surface area contributed by atoms with E-state index in [9.17, 15) is 22.0 Å². The van der Waals surface area contributed by atoms with Crippen LogP contribution in [0.5, 0.6) is 0 Å². The Morgan fingerprint density at radius 2 is 1.72 bits per heavy atom. The summed E-state index contributed by atoms with van der Waals surface area (Å²) in [5.41, 5.74) is 7.35. The molecule has 0 radical (unpaired) electrons. The SMILES string of the molecule is C=C(N)NCC(C)(C)CC.Fc1cc(CC(F)(F)C(F)F)cc([C@@H](Cc2ccccc2)c2ccc(Cl)cn2)c1. The summed E-state index contributed by atoms with van der Waals surface area (Å²) in [7, 11) is 0. The first kappa shape index (κ1) is 32.1. The summed E-state index contributed by atoms with van der Waals surface area (Å²) in [6.45, 7) is 11.0. The second-order valence-electron chi connectivity index (χ2n) is 10.2. The number of alkyl halides is 4. The number of nitrogens with two attached hydrogens (primary N) is 1. The molecule has 1 atom stereocenters. The van der Waals surface area contributed by atoms with Crippen molar-refractivity contribution in [1.82, 2.24) is 10.3 Å². The summed E-state index contributed by atoms with van der Waals surface area (Å²) >= 11 is 5.90. The molecule has 3 nitrogen and oxygen atoms in total. The molecule has 0 saturated carbocycles. The van der Waals surface area contributed by atoms with Crippen LogP contribution < -0.4 is 11.1 Å². The highest BCUT2D eigenvalue weighted by atomic mass is 35.5. The molecule has 0 aliphatic carbocycles. The summed E-state index contributed by atoms with van der Waals surface area (Å²) in [5.74, 6) is -4.92. The first-order valence-electron chi connectivity index (χ1n) is 12.5. The van der Waals surface area contributed by atoms with Gasteiger partial charge in [-0.2, -0.15) is 8.78 Å². The van der Waals surface area contributed by atoms with Gasteiger partial charge >= 0.3 is 12.3 Å². The van der Waals surface area contributed by atoms with Gasteiger partial charge in [0.25, 0.3) is 0 Å². The third kappa shape index (κ3) is 10.9. The monoisotopic (exact) mass is 567 g/mol. The van der Waals surface area contributed by atoms with Crippen molar-refractivity contribution in [1.29, 1.82) is 0 Å². The van der Waals surface area contributed by atoms with Crippen LogP contribution in [-0.2, 0) is 12.8 Å². The van der Waals surface area contributed by atoms with Gasteiger partial charge in [0.05, 0.1) is 10.8 Å². The molecular weight excluding hydrogens is 533 g/mol. The molecule has 0 aliphatic rings. The molecule has 0 spiro atoms. The summed E-state index contributed by atoms with van der Waals surface area (Å²) < 4.78 is 66.4. The predicted octanol–water partition coefficient (Wildman–Crippen LogP) is 8.13. The minimum atomic E-state index is -4.24. The van der Waals surface area contributed by atoms with E-state index in [0.29, 0.717) is 33.9 Å². The highest BCUT2D eigenvalue weighted by molar-refractivity contribution is 6.30. The fraction of sp³-hybridized carbons (Fsp3) is 0.367. The molecule has 0 aliphatic heterocycles. The average molecular weight is 568 g/mol. The van der Waals surface area contributed by atoms with E-state index in [4.69, 9.17) is 17.3 Å². The van der Waals surface area contributed by atoms with Gasteiger partial charge in [0.2, 0.25) is 0 Å². The van der Waals surface area contributed by atoms with Gasteiger partial charge < -0.3 is 11.1 Å². The molecular formula is C30H35ClF5N3. The van der Waals surface area contributed by atoms with E-state index in [-0.39, 0.29) is 5.56 Å². The normalized spacial score (nSPS) is 12.5. The molecule has 39 heavy (non-hydrogen) atoms. The minimum absolute atomic E-state index is 0.197. The lowest BCUT2D eigenvalue weighted by atomic mass is 9.87. The molecule has 9 heteroatoms. The van der Waals surface area contributed by atoms with E-state index < -0.39 is 30.5 Å². The fourth-order valence-electron chi connectivity index (χ4n) is 3.64. The first-order valence-corrected chi connectivity index (χ1v) is 12.9. The van der Waals surface area contributed by atoms with Crippen LogP contribution >= 0.6 is 11.6 Å². The van der Waals surface area contributed by atoms with Crippen LogP contribution in [0, 0.1) is 11.2 Å². The van der Waals surface area contributed by atoms with Gasteiger partial charge in [-0.05, 0) is 59.2 Å². The van der Waals surface area contributed by atoms with Crippen LogP contribution in [0.25, 0.3) is 0 Å². The third-order valence-corrected chi connectivity index (χ3v) is 6.51. The molecule has 0 bridgehead atoms. The number of benzene rings is 2. The zero-order valence-corrected chi connectivity index (χ0v) is 23.1. The molecule has 1 aromatic heterocycles. The van der Waals surface area contributed by atoms with Crippen molar-refractivity contribution in [3.05, 3.63) is 112 Å². The summed E-state index contributed by atoms with van der Waals surface area (Å²) in [4.78, 5) is 4.29. The maximum atomic E-state index is 14.2. The van der Waals surface area contributed by atoms with Crippen molar-refractivity contribution in [2.45, 2.75) is 58.3 Å². The third-order valence-electron chi connectivity index (χ3n) is 6.28. The Kier molecular flexibility index (Phi) is 11.8. The Morgan fingerprint density at radius 1 is 1.05 bits per heavy atom. The van der Waals surface area contributed by atoms with Gasteiger partial charge in [0.15, 0.2) is 0 Å². The molecule has 3 rings (SSSR count). The highest BCUT2D eigenvalue weighted by Gasteiger charge is 2.40. The molecule has 1 heterocycles. The van der Waals surface area contributed by atoms with Crippen molar-refractivity contribution < 1.29 is 22.0 Å². The number of hydrogen-bond donors (Lipinski definition) is 2. The molecule has 0 unspecified atom stereocenters. The molecule has 3 N–H and O–H groups in total. The van der Waals surface area contributed by atoms with E-state index in [2.05, 4.69) is 37.7 Å². The molecule has 2 aromatic carbocycles. The van der Waals surface area contributed by atoms with Gasteiger partial charge in [-0.1, -0.05) is 75.3 Å². The Hall–Kier alpha value is -3.13. The molecule has 3 aromatic rings.